The highest BCUT2D eigenvalue weighted by atomic mass is 16.4. The van der Waals surface area contributed by atoms with Gasteiger partial charge in [-0.05, 0) is 0 Å². The Bertz CT molecular complexity index is 152. The Morgan fingerprint density at radius 2 is 2.33 bits per heavy atom. The van der Waals surface area contributed by atoms with Crippen molar-refractivity contribution in [3.05, 3.63) is 0 Å². The van der Waals surface area contributed by atoms with Gasteiger partial charge < -0.3 is 5.11 Å². The molecule has 0 amide bonds. The van der Waals surface area contributed by atoms with Crippen LogP contribution in [0.5, 0.6) is 0 Å². The van der Waals surface area contributed by atoms with Crippen LogP contribution in [0.15, 0.2) is 10.1 Å². The quantitative estimate of drug-likeness (QED) is 0.420. The summed E-state index contributed by atoms with van der Waals surface area (Å²) in [4.78, 5) is 13.4. The number of hydrogen-bond acceptors (Lipinski definition) is 4. The maximum Gasteiger partial charge on any atom is 0.351 e. The fourth-order valence-electron chi connectivity index (χ4n) is 0.309. The summed E-state index contributed by atoms with van der Waals surface area (Å²) in [5, 5.41) is 11.1. The maximum atomic E-state index is 10.0. The molecule has 0 saturated heterocycles. The molecule has 2 N–H and O–H groups in total. The molecule has 0 spiro atoms. The minimum atomic E-state index is -1.12. The van der Waals surface area contributed by atoms with E-state index < -0.39 is 5.97 Å². The van der Waals surface area contributed by atoms with E-state index in [1.807, 2.05) is 0 Å². The second-order valence-electron chi connectivity index (χ2n) is 1.29. The normalized spacial score (nSPS) is 11.0. The Morgan fingerprint density at radius 1 is 1.78 bits per heavy atom. The van der Waals surface area contributed by atoms with Crippen molar-refractivity contribution in [2.24, 2.45) is 10.1 Å². The molecule has 50 valence electrons. The van der Waals surface area contributed by atoms with Gasteiger partial charge in [-0.1, -0.05) is 0 Å². The van der Waals surface area contributed by atoms with Crippen LogP contribution in [0.25, 0.3) is 0 Å². The summed E-state index contributed by atoms with van der Waals surface area (Å²) in [6, 6.07) is 0. The van der Waals surface area contributed by atoms with E-state index in [0.717, 1.165) is 0 Å². The summed E-state index contributed by atoms with van der Waals surface area (Å²) < 4.78 is 0. The Balaban J connectivity index is 4.00. The number of aliphatic carboxylic acids is 1. The highest BCUT2D eigenvalue weighted by Crippen LogP contribution is 1.78. The lowest BCUT2D eigenvalue weighted by Gasteiger charge is -1.89. The number of nitrogens with one attached hydrogen (secondary N) is 1. The lowest BCUT2D eigenvalue weighted by Crippen LogP contribution is -2.15. The number of nitrogens with zero attached hydrogens (tertiary/aromatic N) is 2. The molecule has 0 aliphatic heterocycles. The third kappa shape index (κ3) is 2.53. The number of rotatable bonds is 3. The Kier molecular flexibility index (Phi) is 3.19. The van der Waals surface area contributed by atoms with Gasteiger partial charge >= 0.3 is 5.97 Å². The molecular weight excluding hydrogens is 122 g/mol. The Morgan fingerprint density at radius 3 is 2.44 bits per heavy atom. The molecule has 0 aromatic rings. The molecule has 0 aliphatic rings. The number of hydrogen-bond donors (Lipinski definition) is 2. The van der Waals surface area contributed by atoms with E-state index in [-0.39, 0.29) is 12.3 Å². The SMILES string of the molecule is CN=C(CN=N)C(=O)O. The first-order chi connectivity index (χ1) is 4.22. The smallest absolute Gasteiger partial charge is 0.351 e. The molecule has 0 aromatic carbocycles. The van der Waals surface area contributed by atoms with Gasteiger partial charge in [0.05, 0.1) is 0 Å². The van der Waals surface area contributed by atoms with Gasteiger partial charge in [0.1, 0.15) is 12.3 Å². The predicted octanol–water partition coefficient (Wildman–Crippen LogP) is 0.173. The highest BCUT2D eigenvalue weighted by Gasteiger charge is 2.05. The summed E-state index contributed by atoms with van der Waals surface area (Å²) in [7, 11) is 1.36. The fourth-order valence-corrected chi connectivity index (χ4v) is 0.309. The van der Waals surface area contributed by atoms with Crippen molar-refractivity contribution in [1.29, 1.82) is 5.53 Å². The van der Waals surface area contributed by atoms with E-state index in [2.05, 4.69) is 10.1 Å². The molecule has 0 atom stereocenters. The van der Waals surface area contributed by atoms with E-state index in [1.165, 1.54) is 7.05 Å². The van der Waals surface area contributed by atoms with E-state index in [9.17, 15) is 4.79 Å². The van der Waals surface area contributed by atoms with Crippen molar-refractivity contribution in [2.75, 3.05) is 13.6 Å². The minimum Gasteiger partial charge on any atom is -0.477 e. The molecule has 0 radical (unpaired) electrons. The highest BCUT2D eigenvalue weighted by molar-refractivity contribution is 6.36. The van der Waals surface area contributed by atoms with Crippen LogP contribution in [-0.4, -0.2) is 30.4 Å². The third-order valence-corrected chi connectivity index (χ3v) is 0.746. The summed E-state index contributed by atoms with van der Waals surface area (Å²) >= 11 is 0. The van der Waals surface area contributed by atoms with Crippen LogP contribution in [0.4, 0.5) is 0 Å². The molecule has 0 fully saturated rings. The van der Waals surface area contributed by atoms with Crippen LogP contribution in [0.1, 0.15) is 0 Å². The van der Waals surface area contributed by atoms with Crippen molar-refractivity contribution < 1.29 is 9.90 Å². The van der Waals surface area contributed by atoms with Crippen molar-refractivity contribution in [2.45, 2.75) is 0 Å². The predicted molar refractivity (Wildman–Crippen MR) is 31.0 cm³/mol. The first-order valence-corrected chi connectivity index (χ1v) is 2.24. The van der Waals surface area contributed by atoms with Gasteiger partial charge in [0, 0.05) is 7.05 Å². The van der Waals surface area contributed by atoms with Crippen molar-refractivity contribution >= 4 is 11.7 Å². The van der Waals surface area contributed by atoms with Crippen molar-refractivity contribution in [1.82, 2.24) is 0 Å². The number of aliphatic imine (C=N–C) groups is 1. The van der Waals surface area contributed by atoms with Crippen LogP contribution in [0.3, 0.4) is 0 Å². The van der Waals surface area contributed by atoms with E-state index in [4.69, 9.17) is 10.6 Å². The minimum absolute atomic E-state index is 0.0926. The zero-order valence-electron chi connectivity index (χ0n) is 4.96. The summed E-state index contributed by atoms with van der Waals surface area (Å²) in [6.45, 7) is -0.147. The second-order valence-corrected chi connectivity index (χ2v) is 1.29. The molecule has 0 bridgehead atoms. The standard InChI is InChI=1S/C4H7N3O2/c1-6-3(2-7-5)4(8)9/h5H,2H2,1H3,(H,8,9). The van der Waals surface area contributed by atoms with Crippen LogP contribution < -0.4 is 0 Å². The summed E-state index contributed by atoms with van der Waals surface area (Å²) in [6.07, 6.45) is 0. The largest absolute Gasteiger partial charge is 0.477 e. The zero-order chi connectivity index (χ0) is 7.28. The first-order valence-electron chi connectivity index (χ1n) is 2.24. The van der Waals surface area contributed by atoms with Gasteiger partial charge in [-0.25, -0.2) is 10.3 Å². The van der Waals surface area contributed by atoms with Gasteiger partial charge in [-0.15, -0.1) is 0 Å². The van der Waals surface area contributed by atoms with Gasteiger partial charge in [0.25, 0.3) is 0 Å². The maximum absolute atomic E-state index is 10.0. The summed E-state index contributed by atoms with van der Waals surface area (Å²) in [5.41, 5.74) is 6.22. The lowest BCUT2D eigenvalue weighted by atomic mass is 10.4. The number of carbonyl (C=O) groups is 1. The van der Waals surface area contributed by atoms with E-state index in [0.29, 0.717) is 0 Å². The molecule has 0 heterocycles. The monoisotopic (exact) mass is 129 g/mol. The molecule has 0 aromatic heterocycles. The molecule has 0 unspecified atom stereocenters. The summed E-state index contributed by atoms with van der Waals surface area (Å²) in [5.74, 6) is -1.12. The fraction of sp³-hybridized carbons (Fsp3) is 0.500. The van der Waals surface area contributed by atoms with Gasteiger partial charge in [-0.3, -0.25) is 4.99 Å². The average Bonchev–Trinajstić information content (AvgIpc) is 1.82. The van der Waals surface area contributed by atoms with Gasteiger partial charge in [-0.2, -0.15) is 5.11 Å². The average molecular weight is 129 g/mol. The van der Waals surface area contributed by atoms with E-state index >= 15 is 0 Å². The Labute approximate surface area is 51.9 Å². The topological polar surface area (TPSA) is 85.9 Å². The third-order valence-electron chi connectivity index (χ3n) is 0.746. The lowest BCUT2D eigenvalue weighted by molar-refractivity contribution is -0.129. The molecular formula is C4H7N3O2. The van der Waals surface area contributed by atoms with Crippen LogP contribution in [0.2, 0.25) is 0 Å². The molecule has 5 heteroatoms. The number of carboxylic acid groups (broad SMARTS) is 1. The van der Waals surface area contributed by atoms with Crippen LogP contribution >= 0.6 is 0 Å². The van der Waals surface area contributed by atoms with E-state index in [1.54, 1.807) is 0 Å². The van der Waals surface area contributed by atoms with Gasteiger partial charge in [0.15, 0.2) is 0 Å². The Hall–Kier alpha value is -1.26. The van der Waals surface area contributed by atoms with Crippen LogP contribution in [-0.2, 0) is 4.79 Å². The molecule has 9 heavy (non-hydrogen) atoms. The molecule has 0 aliphatic carbocycles. The van der Waals surface area contributed by atoms with Gasteiger partial charge in [0.2, 0.25) is 0 Å². The van der Waals surface area contributed by atoms with Crippen molar-refractivity contribution in [3.63, 3.8) is 0 Å². The van der Waals surface area contributed by atoms with Crippen LogP contribution in [0, 0.1) is 5.53 Å². The zero-order valence-corrected chi connectivity index (χ0v) is 4.96. The number of carboxylic acids is 1. The first kappa shape index (κ1) is 7.74. The molecule has 0 saturated carbocycles. The second kappa shape index (κ2) is 3.71. The molecule has 5 nitrogen and oxygen atoms in total. The molecule has 0 rings (SSSR count). The van der Waals surface area contributed by atoms with Crippen molar-refractivity contribution in [3.8, 4) is 0 Å².